The highest BCUT2D eigenvalue weighted by atomic mass is 16.5. The van der Waals surface area contributed by atoms with Crippen molar-refractivity contribution in [1.29, 1.82) is 0 Å². The first-order chi connectivity index (χ1) is 9.72. The van der Waals surface area contributed by atoms with Gasteiger partial charge >= 0.3 is 0 Å². The molecule has 1 aliphatic rings. The predicted octanol–water partition coefficient (Wildman–Crippen LogP) is 1.31. The van der Waals surface area contributed by atoms with E-state index >= 15 is 0 Å². The molecule has 2 heterocycles. The quantitative estimate of drug-likeness (QED) is 0.703. The third kappa shape index (κ3) is 4.26. The fourth-order valence-corrected chi connectivity index (χ4v) is 2.71. The maximum Gasteiger partial charge on any atom is 0.223 e. The Morgan fingerprint density at radius 1 is 1.35 bits per heavy atom. The van der Waals surface area contributed by atoms with Gasteiger partial charge in [0.2, 0.25) is 5.89 Å². The van der Waals surface area contributed by atoms with E-state index in [2.05, 4.69) is 26.9 Å². The van der Waals surface area contributed by atoms with Gasteiger partial charge in [0, 0.05) is 45.8 Å². The Morgan fingerprint density at radius 2 is 2.20 bits per heavy atom. The molecule has 0 unspecified atom stereocenters. The summed E-state index contributed by atoms with van der Waals surface area (Å²) in [6, 6.07) is 0.595. The summed E-state index contributed by atoms with van der Waals surface area (Å²) in [5.74, 6) is 1.43. The van der Waals surface area contributed by atoms with Crippen LogP contribution in [-0.4, -0.2) is 65.4 Å². The van der Waals surface area contributed by atoms with Crippen LogP contribution in [0.5, 0.6) is 0 Å². The molecule has 0 aromatic carbocycles. The molecule has 20 heavy (non-hydrogen) atoms. The fraction of sp³-hybridized carbons (Fsp3) is 0.857. The third-order valence-corrected chi connectivity index (χ3v) is 3.82. The Morgan fingerprint density at radius 3 is 2.85 bits per heavy atom. The molecule has 0 saturated carbocycles. The molecule has 0 aliphatic carbocycles. The Labute approximate surface area is 121 Å². The molecule has 1 aromatic rings. The molecule has 6 nitrogen and oxygen atoms in total. The largest absolute Gasteiger partial charge is 0.380 e. The van der Waals surface area contributed by atoms with Crippen LogP contribution in [-0.2, 0) is 11.3 Å². The molecule has 0 amide bonds. The molecule has 0 radical (unpaired) electrons. The van der Waals surface area contributed by atoms with Crippen molar-refractivity contribution in [3.8, 4) is 0 Å². The van der Waals surface area contributed by atoms with E-state index in [0.29, 0.717) is 11.9 Å². The molecular weight excluding hydrogens is 256 g/mol. The van der Waals surface area contributed by atoms with E-state index in [1.807, 2.05) is 13.8 Å². The third-order valence-electron chi connectivity index (χ3n) is 3.82. The van der Waals surface area contributed by atoms with Gasteiger partial charge in [-0.15, -0.1) is 0 Å². The van der Waals surface area contributed by atoms with Gasteiger partial charge in [-0.3, -0.25) is 9.80 Å². The van der Waals surface area contributed by atoms with Crippen LogP contribution in [0.25, 0.3) is 0 Å². The molecule has 2 rings (SSSR count). The minimum absolute atomic E-state index is 0.595. The van der Waals surface area contributed by atoms with Gasteiger partial charge < -0.3 is 9.26 Å². The molecule has 1 saturated heterocycles. The summed E-state index contributed by atoms with van der Waals surface area (Å²) in [6.07, 6.45) is 1.16. The smallest absolute Gasteiger partial charge is 0.223 e. The fourth-order valence-electron chi connectivity index (χ4n) is 2.71. The lowest BCUT2D eigenvalue weighted by Crippen LogP contribution is -2.53. The minimum Gasteiger partial charge on any atom is -0.380 e. The molecule has 1 fully saturated rings. The second-order valence-electron chi connectivity index (χ2n) is 5.26. The van der Waals surface area contributed by atoms with Gasteiger partial charge in [0.25, 0.3) is 0 Å². The van der Waals surface area contributed by atoms with E-state index in [0.717, 1.165) is 58.2 Å². The summed E-state index contributed by atoms with van der Waals surface area (Å²) in [4.78, 5) is 9.23. The lowest BCUT2D eigenvalue weighted by molar-refractivity contribution is 0.0374. The van der Waals surface area contributed by atoms with Crippen molar-refractivity contribution in [3.05, 3.63) is 11.7 Å². The van der Waals surface area contributed by atoms with Crippen LogP contribution in [0.15, 0.2) is 4.52 Å². The summed E-state index contributed by atoms with van der Waals surface area (Å²) in [5, 5.41) is 3.98. The van der Waals surface area contributed by atoms with E-state index in [-0.39, 0.29) is 0 Å². The number of nitrogens with zero attached hydrogens (tertiary/aromatic N) is 4. The monoisotopic (exact) mass is 282 g/mol. The Balaban J connectivity index is 1.81. The van der Waals surface area contributed by atoms with Gasteiger partial charge in [0.05, 0.1) is 13.2 Å². The lowest BCUT2D eigenvalue weighted by Gasteiger charge is -2.40. The van der Waals surface area contributed by atoms with Crippen LogP contribution in [0, 0.1) is 6.92 Å². The number of ether oxygens (including phenoxy) is 1. The van der Waals surface area contributed by atoms with Gasteiger partial charge in [0.15, 0.2) is 5.82 Å². The second-order valence-corrected chi connectivity index (χ2v) is 5.26. The molecule has 114 valence electrons. The van der Waals surface area contributed by atoms with Crippen LogP contribution in [0.3, 0.4) is 0 Å². The highest BCUT2D eigenvalue weighted by Crippen LogP contribution is 2.14. The number of rotatable bonds is 7. The first-order valence-electron chi connectivity index (χ1n) is 7.56. The van der Waals surface area contributed by atoms with Gasteiger partial charge in [-0.05, 0) is 13.3 Å². The van der Waals surface area contributed by atoms with E-state index < -0.39 is 0 Å². The Hall–Kier alpha value is -0.980. The summed E-state index contributed by atoms with van der Waals surface area (Å²) in [5.41, 5.74) is 0. The summed E-state index contributed by atoms with van der Waals surface area (Å²) < 4.78 is 10.5. The van der Waals surface area contributed by atoms with Crippen molar-refractivity contribution in [2.45, 2.75) is 39.8 Å². The number of piperazine rings is 1. The Bertz CT molecular complexity index is 396. The van der Waals surface area contributed by atoms with E-state index in [4.69, 9.17) is 9.26 Å². The zero-order valence-corrected chi connectivity index (χ0v) is 12.8. The number of hydrogen-bond acceptors (Lipinski definition) is 6. The summed E-state index contributed by atoms with van der Waals surface area (Å²) >= 11 is 0. The maximum absolute atomic E-state index is 5.47. The van der Waals surface area contributed by atoms with Crippen LogP contribution >= 0.6 is 0 Å². The SMILES string of the molecule is CCOCCN1CCN(Cc2noc(C)n2)C[C@H]1CC. The average Bonchev–Trinajstić information content (AvgIpc) is 2.85. The molecule has 6 heteroatoms. The Kier molecular flexibility index (Phi) is 5.94. The maximum atomic E-state index is 5.47. The zero-order chi connectivity index (χ0) is 14.4. The average molecular weight is 282 g/mol. The molecule has 0 bridgehead atoms. The van der Waals surface area contributed by atoms with E-state index in [1.54, 1.807) is 0 Å². The topological polar surface area (TPSA) is 54.6 Å². The number of aryl methyl sites for hydroxylation is 1. The van der Waals surface area contributed by atoms with Crippen molar-refractivity contribution < 1.29 is 9.26 Å². The molecule has 0 N–H and O–H groups in total. The first kappa shape index (κ1) is 15.4. The van der Waals surface area contributed by atoms with Crippen LogP contribution in [0.1, 0.15) is 32.0 Å². The van der Waals surface area contributed by atoms with Crippen LogP contribution in [0.4, 0.5) is 0 Å². The van der Waals surface area contributed by atoms with E-state index in [1.165, 1.54) is 0 Å². The molecule has 1 aliphatic heterocycles. The van der Waals surface area contributed by atoms with Gasteiger partial charge in [-0.2, -0.15) is 4.98 Å². The van der Waals surface area contributed by atoms with Crippen molar-refractivity contribution in [3.63, 3.8) is 0 Å². The van der Waals surface area contributed by atoms with Gasteiger partial charge in [0.1, 0.15) is 0 Å². The molecule has 1 aromatic heterocycles. The predicted molar refractivity (Wildman–Crippen MR) is 76.5 cm³/mol. The highest BCUT2D eigenvalue weighted by molar-refractivity contribution is 4.88. The second kappa shape index (κ2) is 7.71. The van der Waals surface area contributed by atoms with Crippen molar-refractivity contribution in [2.24, 2.45) is 0 Å². The minimum atomic E-state index is 0.595. The van der Waals surface area contributed by atoms with Crippen LogP contribution in [0.2, 0.25) is 0 Å². The molecular formula is C14H26N4O2. The molecule has 0 spiro atoms. The summed E-state index contributed by atoms with van der Waals surface area (Å²) in [7, 11) is 0. The van der Waals surface area contributed by atoms with Crippen LogP contribution < -0.4 is 0 Å². The molecule has 1 atom stereocenters. The van der Waals surface area contributed by atoms with Crippen molar-refractivity contribution in [2.75, 3.05) is 39.4 Å². The van der Waals surface area contributed by atoms with Crippen molar-refractivity contribution in [1.82, 2.24) is 19.9 Å². The van der Waals surface area contributed by atoms with Gasteiger partial charge in [-0.1, -0.05) is 12.1 Å². The lowest BCUT2D eigenvalue weighted by atomic mass is 10.1. The normalized spacial score (nSPS) is 21.4. The number of hydrogen-bond donors (Lipinski definition) is 0. The van der Waals surface area contributed by atoms with Crippen molar-refractivity contribution >= 4 is 0 Å². The first-order valence-corrected chi connectivity index (χ1v) is 7.56. The van der Waals surface area contributed by atoms with Gasteiger partial charge in [-0.25, -0.2) is 0 Å². The highest BCUT2D eigenvalue weighted by Gasteiger charge is 2.26. The summed E-state index contributed by atoms with van der Waals surface area (Å²) in [6.45, 7) is 12.8. The zero-order valence-electron chi connectivity index (χ0n) is 12.8. The van der Waals surface area contributed by atoms with E-state index in [9.17, 15) is 0 Å². The standard InChI is InChI=1S/C14H26N4O2/c1-4-13-10-17(11-14-15-12(3)20-16-14)6-7-18(13)8-9-19-5-2/h13H,4-11H2,1-3H3/t13-/m1/s1. The number of aromatic nitrogens is 2.